The summed E-state index contributed by atoms with van der Waals surface area (Å²) in [6.07, 6.45) is 2.47. The maximum absolute atomic E-state index is 14.7. The first-order valence-corrected chi connectivity index (χ1v) is 16.3. The van der Waals surface area contributed by atoms with Crippen LogP contribution in [0.2, 0.25) is 0 Å². The maximum atomic E-state index is 14.7. The highest BCUT2D eigenvalue weighted by molar-refractivity contribution is 5.99. The number of aromatic nitrogens is 2. The monoisotopic (exact) mass is 622 g/mol. The standard InChI is InChI=1S/C39H38N6O2/c40-26-31-16-14-30(15-17-31)24-36-28-42(27-32-8-3-1-4-9-32)18-19-44(36)39(46)37-38(33-10-5-2-6-11-33)45(29-41-37)35-13-7-12-34(25-35)43-20-22-47-23-21-43/h1-17,25,29,36H,18-24,27-28H2/t36-/m1/s1. The Balaban J connectivity index is 1.22. The van der Waals surface area contributed by atoms with Crippen molar-refractivity contribution in [2.45, 2.75) is 19.0 Å². The van der Waals surface area contributed by atoms with Crippen LogP contribution in [0.3, 0.4) is 0 Å². The molecule has 8 heteroatoms. The van der Waals surface area contributed by atoms with Crippen molar-refractivity contribution >= 4 is 11.6 Å². The van der Waals surface area contributed by atoms with Crippen LogP contribution < -0.4 is 4.90 Å². The molecule has 7 rings (SSSR count). The average molecular weight is 623 g/mol. The summed E-state index contributed by atoms with van der Waals surface area (Å²) in [5, 5.41) is 9.33. The number of nitrogens with zero attached hydrogens (tertiary/aromatic N) is 6. The molecule has 0 radical (unpaired) electrons. The fraction of sp³-hybridized carbons (Fsp3) is 0.256. The predicted molar refractivity (Wildman–Crippen MR) is 183 cm³/mol. The molecule has 0 unspecified atom stereocenters. The Morgan fingerprint density at radius 2 is 1.53 bits per heavy atom. The summed E-state index contributed by atoms with van der Waals surface area (Å²) in [6, 6.07) is 38.9. The van der Waals surface area contributed by atoms with Crippen LogP contribution in [0, 0.1) is 11.3 Å². The molecule has 0 saturated carbocycles. The molecule has 2 aliphatic heterocycles. The van der Waals surface area contributed by atoms with E-state index in [0.29, 0.717) is 37.4 Å². The second-order valence-corrected chi connectivity index (χ2v) is 12.2. The van der Waals surface area contributed by atoms with Crippen molar-refractivity contribution in [1.82, 2.24) is 19.4 Å². The van der Waals surface area contributed by atoms with Gasteiger partial charge in [0.1, 0.15) is 6.33 Å². The van der Waals surface area contributed by atoms with E-state index in [4.69, 9.17) is 9.72 Å². The Bertz CT molecular complexity index is 1840. The average Bonchev–Trinajstić information content (AvgIpc) is 3.59. The number of amides is 1. The molecule has 47 heavy (non-hydrogen) atoms. The third-order valence-corrected chi connectivity index (χ3v) is 9.13. The Morgan fingerprint density at radius 1 is 0.809 bits per heavy atom. The normalized spacial score (nSPS) is 17.0. The number of piperazine rings is 1. The highest BCUT2D eigenvalue weighted by Gasteiger charge is 2.34. The Hall–Kier alpha value is -5.23. The molecule has 1 atom stereocenters. The minimum atomic E-state index is -0.0649. The zero-order valence-electron chi connectivity index (χ0n) is 26.4. The number of morpholine rings is 1. The lowest BCUT2D eigenvalue weighted by Gasteiger charge is -2.41. The first-order valence-electron chi connectivity index (χ1n) is 16.3. The van der Waals surface area contributed by atoms with Crippen molar-refractivity contribution < 1.29 is 9.53 Å². The topological polar surface area (TPSA) is 77.6 Å². The smallest absolute Gasteiger partial charge is 0.275 e. The van der Waals surface area contributed by atoms with E-state index >= 15 is 0 Å². The van der Waals surface area contributed by atoms with E-state index in [0.717, 1.165) is 60.9 Å². The second kappa shape index (κ2) is 14.0. The van der Waals surface area contributed by atoms with E-state index in [9.17, 15) is 10.1 Å². The lowest BCUT2D eigenvalue weighted by atomic mass is 9.99. The third kappa shape index (κ3) is 6.82. The first kappa shape index (κ1) is 30.4. The molecule has 0 N–H and O–H groups in total. The van der Waals surface area contributed by atoms with Crippen LogP contribution in [0.4, 0.5) is 5.69 Å². The first-order chi connectivity index (χ1) is 23.2. The van der Waals surface area contributed by atoms with Gasteiger partial charge in [0.25, 0.3) is 5.91 Å². The maximum Gasteiger partial charge on any atom is 0.275 e. The van der Waals surface area contributed by atoms with Crippen molar-refractivity contribution in [1.29, 1.82) is 5.26 Å². The SMILES string of the molecule is N#Cc1ccc(C[C@@H]2CN(Cc3ccccc3)CCN2C(=O)c2ncn(-c3cccc(N4CCOCC4)c3)c2-c2ccccc2)cc1. The summed E-state index contributed by atoms with van der Waals surface area (Å²) in [6.45, 7) is 6.06. The van der Waals surface area contributed by atoms with Crippen molar-refractivity contribution in [2.75, 3.05) is 50.8 Å². The van der Waals surface area contributed by atoms with Crippen molar-refractivity contribution in [3.63, 3.8) is 0 Å². The summed E-state index contributed by atoms with van der Waals surface area (Å²) in [7, 11) is 0. The van der Waals surface area contributed by atoms with Crippen LogP contribution in [-0.2, 0) is 17.7 Å². The third-order valence-electron chi connectivity index (χ3n) is 9.13. The number of rotatable bonds is 8. The van der Waals surface area contributed by atoms with Crippen LogP contribution >= 0.6 is 0 Å². The number of nitriles is 1. The predicted octanol–water partition coefficient (Wildman–Crippen LogP) is 5.82. The van der Waals surface area contributed by atoms with Crippen LogP contribution in [0.25, 0.3) is 16.9 Å². The number of carbonyl (C=O) groups excluding carboxylic acids is 1. The van der Waals surface area contributed by atoms with Gasteiger partial charge in [-0.1, -0.05) is 78.9 Å². The largest absolute Gasteiger partial charge is 0.378 e. The fourth-order valence-electron chi connectivity index (χ4n) is 6.70. The molecule has 236 valence electrons. The molecular weight excluding hydrogens is 584 g/mol. The molecule has 1 aromatic heterocycles. The van der Waals surface area contributed by atoms with Gasteiger partial charge in [0, 0.05) is 62.2 Å². The lowest BCUT2D eigenvalue weighted by molar-refractivity contribution is 0.0434. The van der Waals surface area contributed by atoms with Gasteiger partial charge in [-0.3, -0.25) is 14.3 Å². The number of hydrogen-bond donors (Lipinski definition) is 0. The molecular formula is C39H38N6O2. The van der Waals surface area contributed by atoms with Crippen LogP contribution in [0.15, 0.2) is 116 Å². The van der Waals surface area contributed by atoms with Gasteiger partial charge in [0.15, 0.2) is 5.69 Å². The summed E-state index contributed by atoms with van der Waals surface area (Å²) in [5.74, 6) is -0.0649. The minimum absolute atomic E-state index is 0.0636. The number of benzene rings is 4. The fourth-order valence-corrected chi connectivity index (χ4v) is 6.70. The van der Waals surface area contributed by atoms with Gasteiger partial charge in [0.2, 0.25) is 0 Å². The lowest BCUT2D eigenvalue weighted by Crippen LogP contribution is -2.55. The number of ether oxygens (including phenoxy) is 1. The van der Waals surface area contributed by atoms with Crippen LogP contribution in [-0.4, -0.2) is 77.2 Å². The summed E-state index contributed by atoms with van der Waals surface area (Å²) in [4.78, 5) is 26.3. The van der Waals surface area contributed by atoms with Gasteiger partial charge in [-0.05, 0) is 47.9 Å². The van der Waals surface area contributed by atoms with Gasteiger partial charge in [-0.2, -0.15) is 5.26 Å². The molecule has 2 fully saturated rings. The quantitative estimate of drug-likeness (QED) is 0.217. The Labute approximate surface area is 276 Å². The molecule has 8 nitrogen and oxygen atoms in total. The van der Waals surface area contributed by atoms with Crippen molar-refractivity contribution in [2.24, 2.45) is 0 Å². The molecule has 1 amide bonds. The van der Waals surface area contributed by atoms with Crippen molar-refractivity contribution in [3.05, 3.63) is 138 Å². The molecule has 2 aliphatic rings. The summed E-state index contributed by atoms with van der Waals surface area (Å²) in [5.41, 5.74) is 7.26. The van der Waals surface area contributed by atoms with Gasteiger partial charge in [0.05, 0.1) is 30.5 Å². The van der Waals surface area contributed by atoms with E-state index in [2.05, 4.69) is 64.4 Å². The molecule has 0 spiro atoms. The Kier molecular flexibility index (Phi) is 9.09. The molecule has 5 aromatic rings. The zero-order valence-corrected chi connectivity index (χ0v) is 26.4. The minimum Gasteiger partial charge on any atom is -0.378 e. The summed E-state index contributed by atoms with van der Waals surface area (Å²) < 4.78 is 7.63. The molecule has 3 heterocycles. The highest BCUT2D eigenvalue weighted by Crippen LogP contribution is 2.31. The molecule has 2 saturated heterocycles. The van der Waals surface area contributed by atoms with Crippen LogP contribution in [0.1, 0.15) is 27.2 Å². The Morgan fingerprint density at radius 3 is 2.28 bits per heavy atom. The van der Waals surface area contributed by atoms with Gasteiger partial charge in [-0.15, -0.1) is 0 Å². The second-order valence-electron chi connectivity index (χ2n) is 12.2. The summed E-state index contributed by atoms with van der Waals surface area (Å²) >= 11 is 0. The number of imidazole rings is 1. The molecule has 0 aliphatic carbocycles. The van der Waals surface area contributed by atoms with Crippen molar-refractivity contribution in [3.8, 4) is 23.0 Å². The number of carbonyl (C=O) groups is 1. The van der Waals surface area contributed by atoms with E-state index in [1.165, 1.54) is 5.56 Å². The number of hydrogen-bond acceptors (Lipinski definition) is 6. The van der Waals surface area contributed by atoms with E-state index in [1.54, 1.807) is 6.33 Å². The molecule has 0 bridgehead atoms. The number of anilines is 1. The van der Waals surface area contributed by atoms with Gasteiger partial charge >= 0.3 is 0 Å². The highest BCUT2D eigenvalue weighted by atomic mass is 16.5. The van der Waals surface area contributed by atoms with Gasteiger partial charge in [-0.25, -0.2) is 4.98 Å². The van der Waals surface area contributed by atoms with Gasteiger partial charge < -0.3 is 14.5 Å². The zero-order chi connectivity index (χ0) is 32.0. The van der Waals surface area contributed by atoms with E-state index in [-0.39, 0.29) is 11.9 Å². The molecule has 4 aromatic carbocycles. The van der Waals surface area contributed by atoms with E-state index < -0.39 is 0 Å². The van der Waals surface area contributed by atoms with E-state index in [1.807, 2.05) is 70.1 Å². The van der Waals surface area contributed by atoms with Crippen LogP contribution in [0.5, 0.6) is 0 Å².